The van der Waals surface area contributed by atoms with Crippen molar-refractivity contribution in [3.05, 3.63) is 38.3 Å². The minimum Gasteiger partial charge on any atom is -0.493 e. The molecule has 0 spiro atoms. The van der Waals surface area contributed by atoms with Crippen molar-refractivity contribution in [2.75, 3.05) is 7.11 Å². The highest BCUT2D eigenvalue weighted by molar-refractivity contribution is 9.10. The Morgan fingerprint density at radius 3 is 2.76 bits per heavy atom. The number of hydrogen-bond acceptors (Lipinski definition) is 5. The lowest BCUT2D eigenvalue weighted by Gasteiger charge is -2.14. The van der Waals surface area contributed by atoms with Crippen LogP contribution in [0, 0.1) is 6.92 Å². The summed E-state index contributed by atoms with van der Waals surface area (Å²) in [6.07, 6.45) is 2.63. The summed E-state index contributed by atoms with van der Waals surface area (Å²) in [6, 6.07) is 4.11. The maximum absolute atomic E-state index is 5.89. The molecule has 0 bridgehead atoms. The molecule has 2 N–H and O–H groups in total. The summed E-state index contributed by atoms with van der Waals surface area (Å²) in [7, 11) is 1.64. The number of methoxy groups -OCH3 is 1. The van der Waals surface area contributed by atoms with Crippen LogP contribution in [0.2, 0.25) is 0 Å². The number of benzene rings is 1. The Morgan fingerprint density at radius 1 is 1.43 bits per heavy atom. The van der Waals surface area contributed by atoms with Crippen LogP contribution in [-0.2, 0) is 13.0 Å². The molecule has 21 heavy (non-hydrogen) atoms. The maximum Gasteiger partial charge on any atom is 0.175 e. The standard InChI is InChI=1S/C15H19BrN2O2S/c1-9(17)4-11-5-13(16)15(14(6-11)19-3)20-8-12-7-18-10(2)21-12/h5-7,9H,4,8,17H2,1-3H3. The summed E-state index contributed by atoms with van der Waals surface area (Å²) in [5, 5.41) is 1.03. The fraction of sp³-hybridized carbons (Fsp3) is 0.400. The molecule has 0 aliphatic carbocycles. The highest BCUT2D eigenvalue weighted by Crippen LogP contribution is 2.37. The molecule has 0 fully saturated rings. The molecule has 2 aromatic rings. The summed E-state index contributed by atoms with van der Waals surface area (Å²) in [6.45, 7) is 4.44. The number of aromatic nitrogens is 1. The van der Waals surface area contributed by atoms with Gasteiger partial charge in [0.25, 0.3) is 0 Å². The minimum absolute atomic E-state index is 0.105. The SMILES string of the molecule is COc1cc(CC(C)N)cc(Br)c1OCc1cnc(C)s1. The molecule has 1 unspecified atom stereocenters. The lowest BCUT2D eigenvalue weighted by molar-refractivity contribution is 0.285. The van der Waals surface area contributed by atoms with Gasteiger partial charge in [-0.2, -0.15) is 0 Å². The molecule has 0 saturated heterocycles. The highest BCUT2D eigenvalue weighted by Gasteiger charge is 2.13. The van der Waals surface area contributed by atoms with Crippen LogP contribution in [0.3, 0.4) is 0 Å². The van der Waals surface area contributed by atoms with Crippen LogP contribution in [0.4, 0.5) is 0 Å². The molecule has 6 heteroatoms. The van der Waals surface area contributed by atoms with Crippen molar-refractivity contribution in [2.24, 2.45) is 5.73 Å². The van der Waals surface area contributed by atoms with E-state index in [1.165, 1.54) is 0 Å². The van der Waals surface area contributed by atoms with Gasteiger partial charge in [-0.15, -0.1) is 11.3 Å². The fourth-order valence-corrected chi connectivity index (χ4v) is 3.33. The zero-order valence-corrected chi connectivity index (χ0v) is 14.8. The van der Waals surface area contributed by atoms with Crippen molar-refractivity contribution in [3.63, 3.8) is 0 Å². The third-order valence-electron chi connectivity index (χ3n) is 2.87. The lowest BCUT2D eigenvalue weighted by atomic mass is 10.1. The number of thiazole rings is 1. The normalized spacial score (nSPS) is 12.2. The van der Waals surface area contributed by atoms with E-state index in [4.69, 9.17) is 15.2 Å². The van der Waals surface area contributed by atoms with Gasteiger partial charge in [0.05, 0.1) is 21.5 Å². The van der Waals surface area contributed by atoms with Gasteiger partial charge in [0.2, 0.25) is 0 Å². The van der Waals surface area contributed by atoms with E-state index < -0.39 is 0 Å². The molecule has 0 aliphatic heterocycles. The first kappa shape index (κ1) is 16.3. The zero-order valence-electron chi connectivity index (χ0n) is 12.4. The Morgan fingerprint density at radius 2 is 2.19 bits per heavy atom. The number of rotatable bonds is 6. The average molecular weight is 371 g/mol. The van der Waals surface area contributed by atoms with Crippen molar-refractivity contribution in [3.8, 4) is 11.5 Å². The van der Waals surface area contributed by atoms with Crippen LogP contribution in [0.25, 0.3) is 0 Å². The van der Waals surface area contributed by atoms with Gasteiger partial charge in [-0.1, -0.05) is 0 Å². The van der Waals surface area contributed by atoms with Crippen molar-refractivity contribution in [1.82, 2.24) is 4.98 Å². The molecule has 1 atom stereocenters. The number of hydrogen-bond donors (Lipinski definition) is 1. The number of nitrogens with zero attached hydrogens (tertiary/aromatic N) is 1. The first-order chi connectivity index (χ1) is 9.99. The van der Waals surface area contributed by atoms with Crippen LogP contribution in [0.15, 0.2) is 22.8 Å². The number of halogens is 1. The van der Waals surface area contributed by atoms with Crippen molar-refractivity contribution in [1.29, 1.82) is 0 Å². The Hall–Kier alpha value is -1.11. The zero-order chi connectivity index (χ0) is 15.4. The first-order valence-corrected chi connectivity index (χ1v) is 8.26. The molecule has 1 heterocycles. The third kappa shape index (κ3) is 4.43. The molecule has 4 nitrogen and oxygen atoms in total. The fourth-order valence-electron chi connectivity index (χ4n) is 2.02. The van der Waals surface area contributed by atoms with Crippen molar-refractivity contribution >= 4 is 27.3 Å². The van der Waals surface area contributed by atoms with Crippen molar-refractivity contribution in [2.45, 2.75) is 32.9 Å². The molecular formula is C15H19BrN2O2S. The lowest BCUT2D eigenvalue weighted by Crippen LogP contribution is -2.17. The van der Waals surface area contributed by atoms with E-state index in [-0.39, 0.29) is 6.04 Å². The average Bonchev–Trinajstić information content (AvgIpc) is 2.82. The van der Waals surface area contributed by atoms with Crippen LogP contribution in [0.1, 0.15) is 22.4 Å². The number of aryl methyl sites for hydroxylation is 1. The first-order valence-electron chi connectivity index (χ1n) is 6.65. The second kappa shape index (κ2) is 7.24. The van der Waals surface area contributed by atoms with E-state index >= 15 is 0 Å². The summed E-state index contributed by atoms with van der Waals surface area (Å²) in [5.74, 6) is 1.42. The van der Waals surface area contributed by atoms with E-state index in [1.54, 1.807) is 18.4 Å². The van der Waals surface area contributed by atoms with E-state index in [2.05, 4.69) is 20.9 Å². The Kier molecular flexibility index (Phi) is 5.61. The molecule has 1 aromatic carbocycles. The minimum atomic E-state index is 0.105. The van der Waals surface area contributed by atoms with Gasteiger partial charge >= 0.3 is 0 Å². The number of ether oxygens (including phenoxy) is 2. The smallest absolute Gasteiger partial charge is 0.175 e. The van der Waals surface area contributed by atoms with Gasteiger partial charge < -0.3 is 15.2 Å². The van der Waals surface area contributed by atoms with Crippen LogP contribution in [-0.4, -0.2) is 18.1 Å². The molecule has 1 aromatic heterocycles. The summed E-state index contributed by atoms with van der Waals surface area (Å²) in [5.41, 5.74) is 6.97. The number of nitrogens with two attached hydrogens (primary N) is 1. The van der Waals surface area contributed by atoms with E-state index in [0.717, 1.165) is 26.3 Å². The molecule has 0 radical (unpaired) electrons. The summed E-state index contributed by atoms with van der Waals surface area (Å²) >= 11 is 5.18. The molecule has 114 valence electrons. The van der Waals surface area contributed by atoms with Gasteiger partial charge in [-0.25, -0.2) is 4.98 Å². The predicted molar refractivity (Wildman–Crippen MR) is 89.2 cm³/mol. The van der Waals surface area contributed by atoms with Crippen LogP contribution < -0.4 is 15.2 Å². The van der Waals surface area contributed by atoms with Crippen LogP contribution in [0.5, 0.6) is 11.5 Å². The Labute approximate surface area is 137 Å². The van der Waals surface area contributed by atoms with Gasteiger partial charge in [0.15, 0.2) is 11.5 Å². The molecule has 0 aliphatic rings. The topological polar surface area (TPSA) is 57.4 Å². The van der Waals surface area contributed by atoms with E-state index in [0.29, 0.717) is 18.1 Å². The molecular weight excluding hydrogens is 352 g/mol. The largest absolute Gasteiger partial charge is 0.493 e. The highest BCUT2D eigenvalue weighted by atomic mass is 79.9. The van der Waals surface area contributed by atoms with Gasteiger partial charge in [0.1, 0.15) is 6.61 Å². The van der Waals surface area contributed by atoms with Gasteiger partial charge in [-0.3, -0.25) is 0 Å². The second-order valence-electron chi connectivity index (χ2n) is 4.92. The third-order valence-corrected chi connectivity index (χ3v) is 4.35. The quantitative estimate of drug-likeness (QED) is 0.842. The Balaban J connectivity index is 2.18. The second-order valence-corrected chi connectivity index (χ2v) is 7.10. The summed E-state index contributed by atoms with van der Waals surface area (Å²) in [4.78, 5) is 5.31. The van der Waals surface area contributed by atoms with Crippen molar-refractivity contribution < 1.29 is 9.47 Å². The van der Waals surface area contributed by atoms with Crippen LogP contribution >= 0.6 is 27.3 Å². The van der Waals surface area contributed by atoms with Gasteiger partial charge in [0, 0.05) is 12.2 Å². The maximum atomic E-state index is 5.89. The summed E-state index contributed by atoms with van der Waals surface area (Å²) < 4.78 is 12.2. The predicted octanol–water partition coefficient (Wildman–Crippen LogP) is 3.69. The molecule has 0 amide bonds. The van der Waals surface area contributed by atoms with Gasteiger partial charge in [-0.05, 0) is 53.9 Å². The monoisotopic (exact) mass is 370 g/mol. The Bertz CT molecular complexity index is 614. The molecule has 0 saturated carbocycles. The molecule has 2 rings (SSSR count). The van der Waals surface area contributed by atoms with E-state index in [9.17, 15) is 0 Å². The van der Waals surface area contributed by atoms with E-state index in [1.807, 2.05) is 32.2 Å².